The molecule has 2 nitrogen and oxygen atoms in total. The van der Waals surface area contributed by atoms with Crippen LogP contribution in [0.1, 0.15) is 52.7 Å². The highest BCUT2D eigenvalue weighted by Gasteiger charge is 2.52. The van der Waals surface area contributed by atoms with Crippen LogP contribution >= 0.6 is 11.3 Å². The van der Waals surface area contributed by atoms with Gasteiger partial charge in [-0.15, -0.1) is 11.3 Å². The van der Waals surface area contributed by atoms with Gasteiger partial charge in [0.1, 0.15) is 0 Å². The first-order valence-corrected chi connectivity index (χ1v) is 15.4. The average Bonchev–Trinajstić information content (AvgIpc) is 3.52. The molecule has 1 aliphatic heterocycles. The van der Waals surface area contributed by atoms with E-state index in [1.807, 2.05) is 11.3 Å². The molecule has 6 aromatic rings. The molecule has 202 valence electrons. The van der Waals surface area contributed by atoms with E-state index in [0.29, 0.717) is 0 Å². The zero-order chi connectivity index (χ0) is 28.3. The summed E-state index contributed by atoms with van der Waals surface area (Å²) >= 11 is 1.90. The molecule has 0 N–H and O–H groups in total. The summed E-state index contributed by atoms with van der Waals surface area (Å²) in [7, 11) is -0.423. The van der Waals surface area contributed by atoms with Gasteiger partial charge in [0.2, 0.25) is 0 Å². The van der Waals surface area contributed by atoms with Gasteiger partial charge in [0, 0.05) is 25.6 Å². The number of rotatable bonds is 2. The van der Waals surface area contributed by atoms with Crippen LogP contribution in [-0.4, -0.2) is 18.3 Å². The van der Waals surface area contributed by atoms with Crippen LogP contribution in [0.2, 0.25) is 0 Å². The first-order chi connectivity index (χ1) is 19.5. The predicted octanol–water partition coefficient (Wildman–Crippen LogP) is 9.48. The second kappa shape index (κ2) is 8.32. The quantitative estimate of drug-likeness (QED) is 0.199. The molecule has 0 bridgehead atoms. The maximum absolute atomic E-state index is 6.58. The Labute approximate surface area is 246 Å². The number of hydrogen-bond acceptors (Lipinski definition) is 3. The molecular formula is C37H33BO2S. The summed E-state index contributed by atoms with van der Waals surface area (Å²) in [5, 5.41) is 5.13. The Kier molecular flexibility index (Phi) is 5.13. The highest BCUT2D eigenvalue weighted by molar-refractivity contribution is 7.27. The average molecular weight is 553 g/mol. The molecule has 1 fully saturated rings. The van der Waals surface area contributed by atoms with Gasteiger partial charge in [0.05, 0.1) is 11.2 Å². The Morgan fingerprint density at radius 2 is 1.27 bits per heavy atom. The normalized spacial score (nSPS) is 18.3. The van der Waals surface area contributed by atoms with Crippen molar-refractivity contribution in [3.63, 3.8) is 0 Å². The topological polar surface area (TPSA) is 18.5 Å². The predicted molar refractivity (Wildman–Crippen MR) is 176 cm³/mol. The smallest absolute Gasteiger partial charge is 0.399 e. The zero-order valence-electron chi connectivity index (χ0n) is 24.5. The van der Waals surface area contributed by atoms with E-state index in [9.17, 15) is 0 Å². The van der Waals surface area contributed by atoms with E-state index in [0.717, 1.165) is 5.46 Å². The fourth-order valence-corrected chi connectivity index (χ4v) is 8.18. The molecule has 0 unspecified atom stereocenters. The van der Waals surface area contributed by atoms with Gasteiger partial charge in [0.15, 0.2) is 0 Å². The third-order valence-electron chi connectivity index (χ3n) is 9.91. The Balaban J connectivity index is 1.40. The van der Waals surface area contributed by atoms with Crippen molar-refractivity contribution in [1.82, 2.24) is 0 Å². The van der Waals surface area contributed by atoms with Crippen LogP contribution in [0, 0.1) is 0 Å². The van der Waals surface area contributed by atoms with Crippen LogP contribution in [0.15, 0.2) is 91.0 Å². The summed E-state index contributed by atoms with van der Waals surface area (Å²) < 4.78 is 15.8. The lowest BCUT2D eigenvalue weighted by Crippen LogP contribution is -2.41. The van der Waals surface area contributed by atoms with E-state index in [4.69, 9.17) is 9.31 Å². The zero-order valence-corrected chi connectivity index (χ0v) is 25.3. The first kappa shape index (κ1) is 25.3. The van der Waals surface area contributed by atoms with Gasteiger partial charge >= 0.3 is 7.12 Å². The van der Waals surface area contributed by atoms with E-state index < -0.39 is 18.3 Å². The molecule has 0 amide bonds. The summed E-state index contributed by atoms with van der Waals surface area (Å²) in [6, 6.07) is 33.8. The van der Waals surface area contributed by atoms with Gasteiger partial charge in [-0.3, -0.25) is 0 Å². The van der Waals surface area contributed by atoms with Crippen LogP contribution in [-0.2, 0) is 14.7 Å². The Hall–Kier alpha value is -3.44. The van der Waals surface area contributed by atoms with Crippen molar-refractivity contribution >= 4 is 54.9 Å². The third-order valence-corrected chi connectivity index (χ3v) is 11.2. The monoisotopic (exact) mass is 552 g/mol. The lowest BCUT2D eigenvalue weighted by Gasteiger charge is -2.32. The van der Waals surface area contributed by atoms with E-state index in [1.54, 1.807) is 0 Å². The van der Waals surface area contributed by atoms with Crippen LogP contribution in [0.4, 0.5) is 0 Å². The number of hydrogen-bond donors (Lipinski definition) is 0. The van der Waals surface area contributed by atoms with Gasteiger partial charge in [-0.1, -0.05) is 98.8 Å². The maximum atomic E-state index is 6.58. The summed E-state index contributed by atoms with van der Waals surface area (Å²) in [4.78, 5) is 0. The summed E-state index contributed by atoms with van der Waals surface area (Å²) in [6.07, 6.45) is 0. The van der Waals surface area contributed by atoms with Crippen molar-refractivity contribution in [3.8, 4) is 22.3 Å². The molecule has 2 heterocycles. The van der Waals surface area contributed by atoms with Crippen molar-refractivity contribution < 1.29 is 9.31 Å². The highest BCUT2D eigenvalue weighted by Crippen LogP contribution is 2.50. The molecule has 1 saturated heterocycles. The van der Waals surface area contributed by atoms with Crippen molar-refractivity contribution in [2.75, 3.05) is 0 Å². The molecule has 1 aliphatic carbocycles. The van der Waals surface area contributed by atoms with E-state index in [2.05, 4.69) is 133 Å². The van der Waals surface area contributed by atoms with Crippen molar-refractivity contribution in [1.29, 1.82) is 0 Å². The number of fused-ring (bicyclic) bond motifs is 8. The molecule has 0 atom stereocenters. The molecule has 1 aromatic heterocycles. The van der Waals surface area contributed by atoms with Crippen molar-refractivity contribution in [2.45, 2.75) is 58.2 Å². The third kappa shape index (κ3) is 3.51. The molecular weight excluding hydrogens is 519 g/mol. The van der Waals surface area contributed by atoms with Crippen molar-refractivity contribution in [3.05, 3.63) is 102 Å². The number of benzene rings is 5. The second-order valence-corrected chi connectivity index (χ2v) is 14.3. The molecule has 4 heteroatoms. The first-order valence-electron chi connectivity index (χ1n) is 14.5. The van der Waals surface area contributed by atoms with Crippen molar-refractivity contribution in [2.24, 2.45) is 0 Å². The van der Waals surface area contributed by atoms with Gasteiger partial charge in [-0.25, -0.2) is 0 Å². The SMILES string of the molecule is CC1(C)c2ccccc2-c2ccc(-c3cc(B4OC(C)(C)C(C)(C)O4)cc4c3sc3c5ccccc5ccc43)cc21. The van der Waals surface area contributed by atoms with Gasteiger partial charge < -0.3 is 9.31 Å². The molecule has 2 aliphatic rings. The van der Waals surface area contributed by atoms with Gasteiger partial charge in [-0.2, -0.15) is 0 Å². The summed E-state index contributed by atoms with van der Waals surface area (Å²) in [5.41, 5.74) is 8.18. The van der Waals surface area contributed by atoms with Crippen LogP contribution < -0.4 is 5.46 Å². The van der Waals surface area contributed by atoms with Gasteiger partial charge in [-0.05, 0) is 83.4 Å². The molecule has 0 saturated carbocycles. The number of thiophene rings is 1. The van der Waals surface area contributed by atoms with Gasteiger partial charge in [0.25, 0.3) is 0 Å². The van der Waals surface area contributed by atoms with E-state index in [-0.39, 0.29) is 5.41 Å². The van der Waals surface area contributed by atoms with Crippen LogP contribution in [0.5, 0.6) is 0 Å². The Bertz CT molecular complexity index is 2030. The molecule has 8 rings (SSSR count). The summed E-state index contributed by atoms with van der Waals surface area (Å²) in [6.45, 7) is 13.2. The minimum Gasteiger partial charge on any atom is -0.399 e. The lowest BCUT2D eigenvalue weighted by atomic mass is 9.76. The molecule has 41 heavy (non-hydrogen) atoms. The standard InChI is InChI=1S/C37H33BO2S/c1-35(2)31-14-10-9-13-26(31)27-17-16-23(19-32(27)35)29-20-24(38-39-36(3,4)37(5,6)40-38)21-30-28-18-15-22-11-7-8-12-25(22)33(28)41-34(29)30/h7-21H,1-6H3. The second-order valence-electron chi connectivity index (χ2n) is 13.2. The van der Waals surface area contributed by atoms with Crippen LogP contribution in [0.3, 0.4) is 0 Å². The largest absolute Gasteiger partial charge is 0.494 e. The highest BCUT2D eigenvalue weighted by atomic mass is 32.1. The maximum Gasteiger partial charge on any atom is 0.494 e. The fraction of sp³-hybridized carbons (Fsp3) is 0.243. The van der Waals surface area contributed by atoms with E-state index in [1.165, 1.54) is 64.3 Å². The lowest BCUT2D eigenvalue weighted by molar-refractivity contribution is 0.00578. The Morgan fingerprint density at radius 1 is 0.561 bits per heavy atom. The minimum atomic E-state index is -0.423. The molecule has 0 spiro atoms. The Morgan fingerprint density at radius 3 is 2.07 bits per heavy atom. The van der Waals surface area contributed by atoms with Crippen LogP contribution in [0.25, 0.3) is 53.2 Å². The molecule has 0 radical (unpaired) electrons. The minimum absolute atomic E-state index is 0.0548. The summed E-state index contributed by atoms with van der Waals surface area (Å²) in [5.74, 6) is 0. The van der Waals surface area contributed by atoms with E-state index >= 15 is 0 Å². The fourth-order valence-electron chi connectivity index (χ4n) is 6.83. The molecule has 5 aromatic carbocycles.